The third kappa shape index (κ3) is 2.98. The molecular formula is C20H27FN4O2. The molecule has 2 fully saturated rings. The fourth-order valence-corrected chi connectivity index (χ4v) is 5.00. The van der Waals surface area contributed by atoms with Crippen LogP contribution < -0.4 is 11.0 Å². The first-order valence-electron chi connectivity index (χ1n) is 9.89. The lowest BCUT2D eigenvalue weighted by atomic mass is 9.90. The van der Waals surface area contributed by atoms with Crippen molar-refractivity contribution in [1.29, 1.82) is 0 Å². The van der Waals surface area contributed by atoms with Crippen LogP contribution in [0.25, 0.3) is 11.0 Å². The van der Waals surface area contributed by atoms with Crippen LogP contribution in [-0.4, -0.2) is 45.2 Å². The number of hydrogen-bond acceptors (Lipinski definition) is 3. The minimum Gasteiger partial charge on any atom is -0.337 e. The molecule has 6 nitrogen and oxygen atoms in total. The number of nitrogens with one attached hydrogen (secondary N) is 1. The Morgan fingerprint density at radius 1 is 1.22 bits per heavy atom. The average Bonchev–Trinajstić information content (AvgIpc) is 3.24. The van der Waals surface area contributed by atoms with Crippen LogP contribution in [0.4, 0.5) is 9.18 Å². The van der Waals surface area contributed by atoms with Crippen molar-refractivity contribution in [3.05, 3.63) is 34.5 Å². The summed E-state index contributed by atoms with van der Waals surface area (Å²) in [6.45, 7) is 6.56. The largest absolute Gasteiger partial charge is 0.337 e. The Labute approximate surface area is 157 Å². The van der Waals surface area contributed by atoms with E-state index in [2.05, 4.69) is 10.2 Å². The number of amides is 1. The molecule has 0 unspecified atom stereocenters. The minimum atomic E-state index is -0.478. The smallest absolute Gasteiger partial charge is 0.337 e. The van der Waals surface area contributed by atoms with Crippen molar-refractivity contribution in [2.45, 2.75) is 57.5 Å². The molecule has 1 amide bonds. The molecule has 7 heteroatoms. The standard InChI is InChI=1S/C20H27FN4O2/c1-14(2)24-16-6-5-15(21)13-17(16)25(19(24)27)18(26)22-10-9-20-7-3-11-23(20)12-4-8-20/h5-6,13-14H,3-4,7-12H2,1-2H3,(H,22,26). The molecule has 27 heavy (non-hydrogen) atoms. The van der Waals surface area contributed by atoms with Gasteiger partial charge in [0, 0.05) is 24.2 Å². The summed E-state index contributed by atoms with van der Waals surface area (Å²) in [6.07, 6.45) is 5.69. The van der Waals surface area contributed by atoms with E-state index in [1.165, 1.54) is 42.4 Å². The summed E-state index contributed by atoms with van der Waals surface area (Å²) in [5.41, 5.74) is 0.677. The number of halogens is 1. The van der Waals surface area contributed by atoms with Crippen LogP contribution >= 0.6 is 0 Å². The number of rotatable bonds is 4. The van der Waals surface area contributed by atoms with E-state index in [0.717, 1.165) is 24.1 Å². The van der Waals surface area contributed by atoms with Crippen molar-refractivity contribution in [1.82, 2.24) is 19.4 Å². The van der Waals surface area contributed by atoms with Crippen LogP contribution in [0.2, 0.25) is 0 Å². The van der Waals surface area contributed by atoms with E-state index in [-0.39, 0.29) is 11.6 Å². The van der Waals surface area contributed by atoms with Gasteiger partial charge in [0.25, 0.3) is 0 Å². The fourth-order valence-electron chi connectivity index (χ4n) is 5.00. The normalized spacial score (nSPS) is 19.1. The molecule has 1 N–H and O–H groups in total. The van der Waals surface area contributed by atoms with Gasteiger partial charge in [-0.05, 0) is 71.2 Å². The summed E-state index contributed by atoms with van der Waals surface area (Å²) in [6, 6.07) is 3.53. The van der Waals surface area contributed by atoms with E-state index in [0.29, 0.717) is 17.6 Å². The molecule has 4 rings (SSSR count). The van der Waals surface area contributed by atoms with Gasteiger partial charge in [-0.2, -0.15) is 0 Å². The van der Waals surface area contributed by atoms with E-state index in [9.17, 15) is 14.0 Å². The molecule has 0 saturated carbocycles. The lowest BCUT2D eigenvalue weighted by Crippen LogP contribution is -2.43. The molecule has 2 aliphatic heterocycles. The summed E-state index contributed by atoms with van der Waals surface area (Å²) in [4.78, 5) is 28.2. The Kier molecular flexibility index (Phi) is 4.58. The van der Waals surface area contributed by atoms with Gasteiger partial charge in [0.15, 0.2) is 0 Å². The third-order valence-corrected chi connectivity index (χ3v) is 6.23. The van der Waals surface area contributed by atoms with Crippen molar-refractivity contribution in [3.8, 4) is 0 Å². The van der Waals surface area contributed by atoms with Crippen molar-refractivity contribution < 1.29 is 9.18 Å². The summed E-state index contributed by atoms with van der Waals surface area (Å²) in [5.74, 6) is -0.462. The zero-order valence-electron chi connectivity index (χ0n) is 16.0. The maximum atomic E-state index is 13.8. The molecule has 0 radical (unpaired) electrons. The second-order valence-electron chi connectivity index (χ2n) is 8.12. The van der Waals surface area contributed by atoms with Crippen molar-refractivity contribution in [3.63, 3.8) is 0 Å². The summed E-state index contributed by atoms with van der Waals surface area (Å²) in [7, 11) is 0. The fraction of sp³-hybridized carbons (Fsp3) is 0.600. The lowest BCUT2D eigenvalue weighted by Gasteiger charge is -2.32. The number of hydrogen-bond donors (Lipinski definition) is 1. The first kappa shape index (κ1) is 18.2. The molecule has 0 atom stereocenters. The molecule has 146 valence electrons. The molecule has 0 aliphatic carbocycles. The van der Waals surface area contributed by atoms with Crippen LogP contribution in [-0.2, 0) is 0 Å². The van der Waals surface area contributed by atoms with Crippen LogP contribution in [0.3, 0.4) is 0 Å². The number of nitrogens with zero attached hydrogens (tertiary/aromatic N) is 3. The summed E-state index contributed by atoms with van der Waals surface area (Å²) in [5, 5.41) is 2.90. The monoisotopic (exact) mass is 374 g/mol. The van der Waals surface area contributed by atoms with E-state index >= 15 is 0 Å². The van der Waals surface area contributed by atoms with Crippen molar-refractivity contribution in [2.75, 3.05) is 19.6 Å². The topological polar surface area (TPSA) is 59.3 Å². The van der Waals surface area contributed by atoms with E-state index in [4.69, 9.17) is 0 Å². The number of imidazole rings is 1. The predicted octanol–water partition coefficient (Wildman–Crippen LogP) is 3.10. The number of carbonyl (C=O) groups is 1. The number of aromatic nitrogens is 2. The Morgan fingerprint density at radius 3 is 2.59 bits per heavy atom. The van der Waals surface area contributed by atoms with Crippen LogP contribution in [0.1, 0.15) is 52.0 Å². The molecule has 1 aromatic carbocycles. The van der Waals surface area contributed by atoms with E-state index < -0.39 is 17.5 Å². The van der Waals surface area contributed by atoms with Gasteiger partial charge in [-0.1, -0.05) is 0 Å². The van der Waals surface area contributed by atoms with Crippen LogP contribution in [0, 0.1) is 5.82 Å². The minimum absolute atomic E-state index is 0.121. The Hall–Kier alpha value is -2.15. The molecule has 1 aromatic heterocycles. The molecule has 2 aromatic rings. The van der Waals surface area contributed by atoms with Gasteiger partial charge in [0.2, 0.25) is 0 Å². The highest BCUT2D eigenvalue weighted by Gasteiger charge is 2.43. The Bertz CT molecular complexity index is 920. The van der Waals surface area contributed by atoms with Gasteiger partial charge < -0.3 is 5.32 Å². The number of benzene rings is 1. The van der Waals surface area contributed by atoms with Gasteiger partial charge in [0.1, 0.15) is 5.82 Å². The van der Waals surface area contributed by atoms with Gasteiger partial charge in [-0.3, -0.25) is 9.47 Å². The van der Waals surface area contributed by atoms with Crippen LogP contribution in [0.15, 0.2) is 23.0 Å². The van der Waals surface area contributed by atoms with Gasteiger partial charge >= 0.3 is 11.7 Å². The quantitative estimate of drug-likeness (QED) is 0.895. The number of carbonyl (C=O) groups excluding carboxylic acids is 1. The summed E-state index contributed by atoms with van der Waals surface area (Å²) < 4.78 is 16.4. The van der Waals surface area contributed by atoms with Gasteiger partial charge in [-0.25, -0.2) is 18.5 Å². The first-order chi connectivity index (χ1) is 12.9. The molecular weight excluding hydrogens is 347 g/mol. The second kappa shape index (κ2) is 6.78. The van der Waals surface area contributed by atoms with Crippen LogP contribution in [0.5, 0.6) is 0 Å². The molecule has 0 spiro atoms. The summed E-state index contributed by atoms with van der Waals surface area (Å²) >= 11 is 0. The van der Waals surface area contributed by atoms with Crippen molar-refractivity contribution >= 4 is 17.1 Å². The lowest BCUT2D eigenvalue weighted by molar-refractivity contribution is 0.181. The third-order valence-electron chi connectivity index (χ3n) is 6.23. The zero-order valence-corrected chi connectivity index (χ0v) is 16.0. The second-order valence-corrected chi connectivity index (χ2v) is 8.12. The maximum Gasteiger partial charge on any atom is 0.337 e. The Morgan fingerprint density at radius 2 is 1.93 bits per heavy atom. The first-order valence-corrected chi connectivity index (χ1v) is 9.89. The van der Waals surface area contributed by atoms with Gasteiger partial charge in [-0.15, -0.1) is 0 Å². The maximum absolute atomic E-state index is 13.8. The highest BCUT2D eigenvalue weighted by Crippen LogP contribution is 2.40. The van der Waals surface area contributed by atoms with E-state index in [1.807, 2.05) is 13.8 Å². The SMILES string of the molecule is CC(C)n1c(=O)n(C(=O)NCCC23CCCN2CCC3)c2cc(F)ccc21. The average molecular weight is 374 g/mol. The molecule has 2 saturated heterocycles. The number of fused-ring (bicyclic) bond motifs is 2. The highest BCUT2D eigenvalue weighted by molar-refractivity contribution is 5.89. The Balaban J connectivity index is 1.57. The highest BCUT2D eigenvalue weighted by atomic mass is 19.1. The predicted molar refractivity (Wildman–Crippen MR) is 103 cm³/mol. The molecule has 2 aliphatic rings. The molecule has 3 heterocycles. The van der Waals surface area contributed by atoms with Crippen molar-refractivity contribution in [2.24, 2.45) is 0 Å². The van der Waals surface area contributed by atoms with Gasteiger partial charge in [0.05, 0.1) is 11.0 Å². The zero-order chi connectivity index (χ0) is 19.2. The van der Waals surface area contributed by atoms with E-state index in [1.54, 1.807) is 6.07 Å². The molecule has 0 bridgehead atoms.